The number of benzene rings is 1. The lowest BCUT2D eigenvalue weighted by Gasteiger charge is -2.34. The van der Waals surface area contributed by atoms with Gasteiger partial charge in [0.05, 0.1) is 5.41 Å². The van der Waals surface area contributed by atoms with Gasteiger partial charge in [0.1, 0.15) is 0 Å². The minimum Gasteiger partial charge on any atom is -0.481 e. The molecule has 1 aliphatic carbocycles. The monoisotopic (exact) mass is 262 g/mol. The number of fused-ring (bicyclic) bond motifs is 1. The standard InChI is InChI=1S/C16H22O3/c1-2-10-19-11-9-16(15(17)18)8-7-13-5-3-4-6-14(13)12-16/h3-6H,2,7-12H2,1H3,(H,17,18). The zero-order chi connectivity index (χ0) is 13.7. The van der Waals surface area contributed by atoms with Crippen molar-refractivity contribution >= 4 is 5.97 Å². The summed E-state index contributed by atoms with van der Waals surface area (Å²) in [6, 6.07) is 8.18. The molecule has 1 N–H and O–H groups in total. The van der Waals surface area contributed by atoms with Crippen LogP contribution in [0.2, 0.25) is 0 Å². The molecule has 0 amide bonds. The highest BCUT2D eigenvalue weighted by molar-refractivity contribution is 5.75. The average Bonchev–Trinajstić information content (AvgIpc) is 2.43. The number of carboxylic acids is 1. The molecule has 1 atom stereocenters. The van der Waals surface area contributed by atoms with E-state index in [0.29, 0.717) is 26.1 Å². The number of ether oxygens (including phenoxy) is 1. The molecule has 3 heteroatoms. The van der Waals surface area contributed by atoms with E-state index in [2.05, 4.69) is 19.1 Å². The molecule has 0 aromatic heterocycles. The molecule has 1 aromatic rings. The number of carboxylic acid groups (broad SMARTS) is 1. The maximum atomic E-state index is 11.7. The van der Waals surface area contributed by atoms with Gasteiger partial charge < -0.3 is 9.84 Å². The maximum absolute atomic E-state index is 11.7. The zero-order valence-electron chi connectivity index (χ0n) is 11.5. The second-order valence-corrected chi connectivity index (χ2v) is 5.39. The first-order valence-corrected chi connectivity index (χ1v) is 7.06. The van der Waals surface area contributed by atoms with Crippen LogP contribution in [0.25, 0.3) is 0 Å². The Morgan fingerprint density at radius 2 is 2.05 bits per heavy atom. The number of rotatable bonds is 6. The summed E-state index contributed by atoms with van der Waals surface area (Å²) in [5, 5.41) is 9.62. The fourth-order valence-corrected chi connectivity index (χ4v) is 2.82. The topological polar surface area (TPSA) is 46.5 Å². The molecule has 0 heterocycles. The maximum Gasteiger partial charge on any atom is 0.310 e. The molecule has 19 heavy (non-hydrogen) atoms. The highest BCUT2D eigenvalue weighted by atomic mass is 16.5. The van der Waals surface area contributed by atoms with E-state index >= 15 is 0 Å². The van der Waals surface area contributed by atoms with Gasteiger partial charge in [-0.2, -0.15) is 0 Å². The summed E-state index contributed by atoms with van der Waals surface area (Å²) in [6.07, 6.45) is 3.79. The van der Waals surface area contributed by atoms with Gasteiger partial charge in [-0.1, -0.05) is 31.2 Å². The Balaban J connectivity index is 2.08. The molecule has 0 bridgehead atoms. The largest absolute Gasteiger partial charge is 0.481 e. The summed E-state index contributed by atoms with van der Waals surface area (Å²) >= 11 is 0. The Hall–Kier alpha value is -1.35. The predicted molar refractivity (Wildman–Crippen MR) is 74.3 cm³/mol. The zero-order valence-corrected chi connectivity index (χ0v) is 11.5. The molecule has 0 saturated heterocycles. The van der Waals surface area contributed by atoms with E-state index in [-0.39, 0.29) is 0 Å². The van der Waals surface area contributed by atoms with Gasteiger partial charge in [-0.15, -0.1) is 0 Å². The minimum absolute atomic E-state index is 0.544. The Morgan fingerprint density at radius 3 is 2.74 bits per heavy atom. The van der Waals surface area contributed by atoms with Crippen LogP contribution in [0.15, 0.2) is 24.3 Å². The fourth-order valence-electron chi connectivity index (χ4n) is 2.82. The van der Waals surface area contributed by atoms with Crippen molar-refractivity contribution in [2.45, 2.75) is 39.0 Å². The van der Waals surface area contributed by atoms with Crippen molar-refractivity contribution in [3.05, 3.63) is 35.4 Å². The van der Waals surface area contributed by atoms with Crippen LogP contribution >= 0.6 is 0 Å². The predicted octanol–water partition coefficient (Wildman–Crippen LogP) is 3.06. The highest BCUT2D eigenvalue weighted by Crippen LogP contribution is 2.38. The first kappa shape index (κ1) is 14.1. The van der Waals surface area contributed by atoms with Gasteiger partial charge >= 0.3 is 5.97 Å². The van der Waals surface area contributed by atoms with E-state index in [1.807, 2.05) is 12.1 Å². The van der Waals surface area contributed by atoms with Gasteiger partial charge in [-0.05, 0) is 43.2 Å². The molecule has 0 radical (unpaired) electrons. The number of carbonyl (C=O) groups is 1. The molecule has 0 aliphatic heterocycles. The van der Waals surface area contributed by atoms with Crippen LogP contribution in [0, 0.1) is 5.41 Å². The summed E-state index contributed by atoms with van der Waals surface area (Å²) in [4.78, 5) is 11.7. The van der Waals surface area contributed by atoms with Crippen LogP contribution < -0.4 is 0 Å². The average molecular weight is 262 g/mol. The molecule has 3 nitrogen and oxygen atoms in total. The third-order valence-corrected chi connectivity index (χ3v) is 4.05. The SMILES string of the molecule is CCCOCCC1(C(=O)O)CCc2ccccc2C1. The van der Waals surface area contributed by atoms with Crippen molar-refractivity contribution in [3.8, 4) is 0 Å². The van der Waals surface area contributed by atoms with Crippen molar-refractivity contribution in [2.75, 3.05) is 13.2 Å². The summed E-state index contributed by atoms with van der Waals surface area (Å²) in [7, 11) is 0. The van der Waals surface area contributed by atoms with Crippen LogP contribution in [-0.2, 0) is 22.4 Å². The van der Waals surface area contributed by atoms with Crippen molar-refractivity contribution in [2.24, 2.45) is 5.41 Å². The Bertz CT molecular complexity index is 441. The van der Waals surface area contributed by atoms with Crippen LogP contribution in [0.5, 0.6) is 0 Å². The molecule has 1 aromatic carbocycles. The number of aryl methyl sites for hydroxylation is 1. The summed E-state index contributed by atoms with van der Waals surface area (Å²) in [5.41, 5.74) is 1.85. The van der Waals surface area contributed by atoms with E-state index < -0.39 is 11.4 Å². The molecular formula is C16H22O3. The summed E-state index contributed by atoms with van der Waals surface area (Å²) in [6.45, 7) is 3.32. The van der Waals surface area contributed by atoms with E-state index in [1.165, 1.54) is 11.1 Å². The summed E-state index contributed by atoms with van der Waals surface area (Å²) < 4.78 is 5.49. The molecule has 104 valence electrons. The molecule has 0 saturated carbocycles. The van der Waals surface area contributed by atoms with E-state index in [1.54, 1.807) is 0 Å². The first-order chi connectivity index (χ1) is 9.18. The van der Waals surface area contributed by atoms with Crippen LogP contribution in [-0.4, -0.2) is 24.3 Å². The van der Waals surface area contributed by atoms with E-state index in [9.17, 15) is 9.90 Å². The number of hydrogen-bond donors (Lipinski definition) is 1. The van der Waals surface area contributed by atoms with Gasteiger partial charge in [0, 0.05) is 13.2 Å². The Kier molecular flexibility index (Phi) is 4.59. The van der Waals surface area contributed by atoms with Crippen LogP contribution in [0.1, 0.15) is 37.3 Å². The van der Waals surface area contributed by atoms with Gasteiger partial charge in [0.25, 0.3) is 0 Å². The third kappa shape index (κ3) is 3.16. The van der Waals surface area contributed by atoms with Crippen molar-refractivity contribution < 1.29 is 14.6 Å². The smallest absolute Gasteiger partial charge is 0.310 e. The third-order valence-electron chi connectivity index (χ3n) is 4.05. The van der Waals surface area contributed by atoms with Gasteiger partial charge in [0.15, 0.2) is 0 Å². The van der Waals surface area contributed by atoms with Crippen molar-refractivity contribution in [1.82, 2.24) is 0 Å². The van der Waals surface area contributed by atoms with Gasteiger partial charge in [0.2, 0.25) is 0 Å². The van der Waals surface area contributed by atoms with E-state index in [0.717, 1.165) is 19.3 Å². The Labute approximate surface area is 114 Å². The van der Waals surface area contributed by atoms with Gasteiger partial charge in [-0.3, -0.25) is 4.79 Å². The molecule has 1 unspecified atom stereocenters. The van der Waals surface area contributed by atoms with Crippen LogP contribution in [0.4, 0.5) is 0 Å². The van der Waals surface area contributed by atoms with Crippen molar-refractivity contribution in [3.63, 3.8) is 0 Å². The molecule has 0 fully saturated rings. The molecule has 2 rings (SSSR count). The molecule has 1 aliphatic rings. The second-order valence-electron chi connectivity index (χ2n) is 5.39. The first-order valence-electron chi connectivity index (χ1n) is 7.06. The van der Waals surface area contributed by atoms with Crippen LogP contribution in [0.3, 0.4) is 0 Å². The quantitative estimate of drug-likeness (QED) is 0.801. The fraction of sp³-hybridized carbons (Fsp3) is 0.562. The van der Waals surface area contributed by atoms with Crippen molar-refractivity contribution in [1.29, 1.82) is 0 Å². The lowest BCUT2D eigenvalue weighted by Crippen LogP contribution is -2.38. The lowest BCUT2D eigenvalue weighted by molar-refractivity contribution is -0.151. The molecular weight excluding hydrogens is 240 g/mol. The van der Waals surface area contributed by atoms with Gasteiger partial charge in [-0.25, -0.2) is 0 Å². The highest BCUT2D eigenvalue weighted by Gasteiger charge is 2.40. The normalized spacial score (nSPS) is 21.9. The van der Waals surface area contributed by atoms with E-state index in [4.69, 9.17) is 4.74 Å². The summed E-state index contributed by atoms with van der Waals surface area (Å²) in [5.74, 6) is -0.679. The number of aliphatic carboxylic acids is 1. The number of hydrogen-bond acceptors (Lipinski definition) is 2. The lowest BCUT2D eigenvalue weighted by atomic mass is 9.70. The Morgan fingerprint density at radius 1 is 1.32 bits per heavy atom. The second kappa shape index (κ2) is 6.20. The molecule has 0 spiro atoms. The minimum atomic E-state index is -0.679.